The highest BCUT2D eigenvalue weighted by molar-refractivity contribution is 6.84. The molecule has 3 rings (SSSR count). The molecule has 112 valence electrons. The molecule has 0 radical (unpaired) electrons. The summed E-state index contributed by atoms with van der Waals surface area (Å²) in [6, 6.07) is 22.2. The van der Waals surface area contributed by atoms with Crippen LogP contribution in [0.1, 0.15) is 24.0 Å². The second-order valence-corrected chi connectivity index (χ2v) is 9.11. The number of hydrogen-bond acceptors (Lipinski definition) is 1. The lowest BCUT2D eigenvalue weighted by molar-refractivity contribution is 0.282. The monoisotopic (exact) mass is 306 g/mol. The Morgan fingerprint density at radius 3 is 1.73 bits per heavy atom. The van der Waals surface area contributed by atoms with Gasteiger partial charge in [0.2, 0.25) is 8.32 Å². The minimum Gasteiger partial charge on any atom is -0.409 e. The van der Waals surface area contributed by atoms with Gasteiger partial charge in [0.15, 0.2) is 0 Å². The van der Waals surface area contributed by atoms with Crippen molar-refractivity contribution >= 4 is 20.5 Å². The van der Waals surface area contributed by atoms with Crippen molar-refractivity contribution in [2.24, 2.45) is 0 Å². The van der Waals surface area contributed by atoms with Crippen LogP contribution in [0.25, 0.3) is 12.2 Å². The maximum atomic E-state index is 6.27. The second kappa shape index (κ2) is 7.39. The molecule has 0 saturated carbocycles. The van der Waals surface area contributed by atoms with Crippen LogP contribution in [-0.4, -0.2) is 14.9 Å². The molecule has 1 saturated heterocycles. The molecule has 1 fully saturated rings. The molecule has 0 atom stereocenters. The van der Waals surface area contributed by atoms with E-state index in [1.807, 2.05) is 0 Å². The Morgan fingerprint density at radius 1 is 0.727 bits per heavy atom. The fraction of sp³-hybridized carbons (Fsp3) is 0.200. The molecule has 2 aromatic rings. The summed E-state index contributed by atoms with van der Waals surface area (Å²) < 4.78 is 6.27. The van der Waals surface area contributed by atoms with Gasteiger partial charge in [-0.2, -0.15) is 0 Å². The molecule has 0 spiro atoms. The van der Waals surface area contributed by atoms with Gasteiger partial charge in [-0.3, -0.25) is 0 Å². The Bertz CT molecular complexity index is 574. The van der Waals surface area contributed by atoms with E-state index >= 15 is 0 Å². The first-order valence-corrected chi connectivity index (χ1v) is 10.3. The largest absolute Gasteiger partial charge is 0.409 e. The van der Waals surface area contributed by atoms with E-state index in [4.69, 9.17) is 4.43 Å². The van der Waals surface area contributed by atoms with Crippen molar-refractivity contribution in [2.75, 3.05) is 6.61 Å². The Hall–Kier alpha value is -1.90. The molecule has 0 unspecified atom stereocenters. The third-order valence-corrected chi connectivity index (χ3v) is 7.39. The smallest absolute Gasteiger partial charge is 0.241 e. The number of benzene rings is 2. The molecule has 0 amide bonds. The predicted octanol–water partition coefficient (Wildman–Crippen LogP) is 5.25. The number of rotatable bonds is 4. The molecule has 1 aliphatic rings. The van der Waals surface area contributed by atoms with Crippen molar-refractivity contribution < 1.29 is 4.43 Å². The predicted molar refractivity (Wildman–Crippen MR) is 96.7 cm³/mol. The molecule has 0 bridgehead atoms. The third kappa shape index (κ3) is 4.06. The van der Waals surface area contributed by atoms with Crippen LogP contribution in [-0.2, 0) is 4.43 Å². The van der Waals surface area contributed by atoms with Crippen molar-refractivity contribution in [2.45, 2.75) is 18.9 Å². The van der Waals surface area contributed by atoms with Crippen LogP contribution in [0.4, 0.5) is 0 Å². The Labute approximate surface area is 134 Å². The van der Waals surface area contributed by atoms with Crippen molar-refractivity contribution in [3.8, 4) is 0 Å². The first-order chi connectivity index (χ1) is 10.9. The first-order valence-electron chi connectivity index (χ1n) is 7.99. The minimum absolute atomic E-state index is 0.893. The van der Waals surface area contributed by atoms with E-state index in [0.717, 1.165) is 6.61 Å². The zero-order valence-electron chi connectivity index (χ0n) is 12.8. The Morgan fingerprint density at radius 2 is 1.27 bits per heavy atom. The van der Waals surface area contributed by atoms with Crippen LogP contribution >= 0.6 is 0 Å². The molecular formula is C20H22OSi. The molecule has 1 heterocycles. The van der Waals surface area contributed by atoms with Gasteiger partial charge in [0.05, 0.1) is 0 Å². The SMILES string of the molecule is C(=C[Si]1(C=Cc2ccccc2)CCCCO1)c1ccccc1. The highest BCUT2D eigenvalue weighted by Crippen LogP contribution is 2.26. The molecule has 0 aliphatic carbocycles. The summed E-state index contributed by atoms with van der Waals surface area (Å²) in [4.78, 5) is 0. The third-order valence-electron chi connectivity index (χ3n) is 4.05. The number of hydrogen-bond donors (Lipinski definition) is 0. The molecule has 0 N–H and O–H groups in total. The zero-order chi connectivity index (χ0) is 15.1. The average Bonchev–Trinajstić information content (AvgIpc) is 2.61. The van der Waals surface area contributed by atoms with Gasteiger partial charge in [-0.05, 0) is 23.6 Å². The van der Waals surface area contributed by atoms with Crippen LogP contribution in [0, 0.1) is 0 Å². The van der Waals surface area contributed by atoms with E-state index in [-0.39, 0.29) is 0 Å². The maximum absolute atomic E-state index is 6.27. The molecule has 0 aromatic heterocycles. The van der Waals surface area contributed by atoms with E-state index in [1.165, 1.54) is 30.0 Å². The lowest BCUT2D eigenvalue weighted by Crippen LogP contribution is -2.37. The Kier molecular flexibility index (Phi) is 5.04. The fourth-order valence-corrected chi connectivity index (χ4v) is 5.82. The van der Waals surface area contributed by atoms with Crippen molar-refractivity contribution in [3.63, 3.8) is 0 Å². The summed E-state index contributed by atoms with van der Waals surface area (Å²) in [5, 5.41) is 0. The molecule has 2 heteroatoms. The van der Waals surface area contributed by atoms with E-state index in [2.05, 4.69) is 84.2 Å². The average molecular weight is 306 g/mol. The summed E-state index contributed by atoms with van der Waals surface area (Å²) in [6.07, 6.45) is 6.91. The summed E-state index contributed by atoms with van der Waals surface area (Å²) >= 11 is 0. The molecule has 2 aromatic carbocycles. The Balaban J connectivity index is 1.82. The van der Waals surface area contributed by atoms with Crippen molar-refractivity contribution in [3.05, 3.63) is 83.2 Å². The van der Waals surface area contributed by atoms with Gasteiger partial charge in [-0.25, -0.2) is 0 Å². The summed E-state index contributed by atoms with van der Waals surface area (Å²) in [6.45, 7) is 0.893. The lowest BCUT2D eigenvalue weighted by atomic mass is 10.2. The molecule has 1 aliphatic heterocycles. The normalized spacial score (nSPS) is 22.4. The van der Waals surface area contributed by atoms with E-state index in [0.29, 0.717) is 0 Å². The fourth-order valence-electron chi connectivity index (χ4n) is 2.76. The highest BCUT2D eigenvalue weighted by Gasteiger charge is 2.31. The van der Waals surface area contributed by atoms with Gasteiger partial charge < -0.3 is 4.43 Å². The molecule has 22 heavy (non-hydrogen) atoms. The van der Waals surface area contributed by atoms with Crippen LogP contribution in [0.2, 0.25) is 6.04 Å². The highest BCUT2D eigenvalue weighted by atomic mass is 28.4. The van der Waals surface area contributed by atoms with Crippen LogP contribution < -0.4 is 0 Å². The van der Waals surface area contributed by atoms with E-state index in [9.17, 15) is 0 Å². The van der Waals surface area contributed by atoms with Gasteiger partial charge in [0.25, 0.3) is 0 Å². The van der Waals surface area contributed by atoms with E-state index in [1.54, 1.807) is 0 Å². The topological polar surface area (TPSA) is 9.23 Å². The van der Waals surface area contributed by atoms with Gasteiger partial charge in [0, 0.05) is 6.61 Å². The maximum Gasteiger partial charge on any atom is 0.241 e. The minimum atomic E-state index is -1.91. The summed E-state index contributed by atoms with van der Waals surface area (Å²) in [7, 11) is -1.91. The van der Waals surface area contributed by atoms with Gasteiger partial charge in [-0.15, -0.1) is 0 Å². The van der Waals surface area contributed by atoms with Crippen molar-refractivity contribution in [1.82, 2.24) is 0 Å². The standard InChI is InChI=1S/C20H22OSi/c1-3-9-19(10-4-1)13-17-22(16-8-7-15-21-22)18-14-20-11-5-2-6-12-20/h1-6,9-14,17-18H,7-8,15-16H2. The van der Waals surface area contributed by atoms with E-state index < -0.39 is 8.32 Å². The molecule has 1 nitrogen and oxygen atoms in total. The second-order valence-electron chi connectivity index (χ2n) is 5.75. The zero-order valence-corrected chi connectivity index (χ0v) is 13.8. The molecular weight excluding hydrogens is 284 g/mol. The van der Waals surface area contributed by atoms with Crippen LogP contribution in [0.5, 0.6) is 0 Å². The lowest BCUT2D eigenvalue weighted by Gasteiger charge is -2.29. The summed E-state index contributed by atoms with van der Waals surface area (Å²) in [5.74, 6) is 0. The van der Waals surface area contributed by atoms with Gasteiger partial charge >= 0.3 is 0 Å². The van der Waals surface area contributed by atoms with Crippen molar-refractivity contribution in [1.29, 1.82) is 0 Å². The summed E-state index contributed by atoms with van der Waals surface area (Å²) in [5.41, 5.74) is 7.19. The quantitative estimate of drug-likeness (QED) is 0.701. The van der Waals surface area contributed by atoms with Crippen LogP contribution in [0.15, 0.2) is 72.1 Å². The van der Waals surface area contributed by atoms with Gasteiger partial charge in [-0.1, -0.05) is 90.6 Å². The van der Waals surface area contributed by atoms with Crippen LogP contribution in [0.3, 0.4) is 0 Å². The van der Waals surface area contributed by atoms with Gasteiger partial charge in [0.1, 0.15) is 0 Å². The first kappa shape index (κ1) is 15.0.